The van der Waals surface area contributed by atoms with E-state index in [0.717, 1.165) is 25.1 Å². The van der Waals surface area contributed by atoms with Crippen molar-refractivity contribution >= 4 is 5.91 Å². The minimum atomic E-state index is -0.121. The highest BCUT2D eigenvalue weighted by molar-refractivity contribution is 5.84. The van der Waals surface area contributed by atoms with Crippen molar-refractivity contribution < 1.29 is 4.79 Å². The van der Waals surface area contributed by atoms with Crippen LogP contribution in [-0.4, -0.2) is 29.9 Å². The predicted molar refractivity (Wildman–Crippen MR) is 68.7 cm³/mol. The van der Waals surface area contributed by atoms with Gasteiger partial charge in [-0.15, -0.1) is 0 Å². The van der Waals surface area contributed by atoms with Crippen molar-refractivity contribution in [2.45, 2.75) is 32.4 Å². The lowest BCUT2D eigenvalue weighted by Gasteiger charge is -2.38. The lowest BCUT2D eigenvalue weighted by molar-refractivity contribution is -0.131. The van der Waals surface area contributed by atoms with E-state index in [2.05, 4.69) is 24.1 Å². The van der Waals surface area contributed by atoms with E-state index < -0.39 is 0 Å². The second kappa shape index (κ2) is 5.32. The van der Waals surface area contributed by atoms with Crippen LogP contribution >= 0.6 is 0 Å². The Kier molecular flexibility index (Phi) is 3.79. The topological polar surface area (TPSA) is 32.3 Å². The molecule has 0 radical (unpaired) electrons. The van der Waals surface area contributed by atoms with Gasteiger partial charge >= 0.3 is 0 Å². The molecule has 2 rings (SSSR count). The lowest BCUT2D eigenvalue weighted by Crippen LogP contribution is -2.55. The average molecular weight is 232 g/mol. The Labute approximate surface area is 103 Å². The molecule has 1 heterocycles. The van der Waals surface area contributed by atoms with Gasteiger partial charge < -0.3 is 5.32 Å². The Morgan fingerprint density at radius 2 is 2.00 bits per heavy atom. The summed E-state index contributed by atoms with van der Waals surface area (Å²) in [5, 5.41) is 3.10. The van der Waals surface area contributed by atoms with Crippen LogP contribution in [0.25, 0.3) is 0 Å². The molecule has 0 spiro atoms. The maximum atomic E-state index is 12.2. The maximum Gasteiger partial charge on any atom is 0.242 e. The standard InChI is InChI=1S/C14H20N2O/c1-3-12-10-16(4-2)13(14(17)15-12)11-8-6-5-7-9-11/h5-9,12-13H,3-4,10H2,1-2H3,(H,15,17). The van der Waals surface area contributed by atoms with Crippen molar-refractivity contribution in [1.29, 1.82) is 0 Å². The van der Waals surface area contributed by atoms with Gasteiger partial charge in [0.15, 0.2) is 0 Å². The van der Waals surface area contributed by atoms with Crippen LogP contribution in [-0.2, 0) is 4.79 Å². The van der Waals surface area contributed by atoms with Crippen molar-refractivity contribution in [2.75, 3.05) is 13.1 Å². The van der Waals surface area contributed by atoms with Crippen LogP contribution in [0.2, 0.25) is 0 Å². The summed E-state index contributed by atoms with van der Waals surface area (Å²) in [7, 11) is 0. The highest BCUT2D eigenvalue weighted by Crippen LogP contribution is 2.24. The van der Waals surface area contributed by atoms with Gasteiger partial charge in [0.25, 0.3) is 0 Å². The summed E-state index contributed by atoms with van der Waals surface area (Å²) < 4.78 is 0. The summed E-state index contributed by atoms with van der Waals surface area (Å²) in [4.78, 5) is 14.4. The first-order chi connectivity index (χ1) is 8.26. The van der Waals surface area contributed by atoms with Crippen molar-refractivity contribution in [3.05, 3.63) is 35.9 Å². The predicted octanol–water partition coefficient (Wildman–Crippen LogP) is 1.96. The van der Waals surface area contributed by atoms with Gasteiger partial charge in [0.2, 0.25) is 5.91 Å². The summed E-state index contributed by atoms with van der Waals surface area (Å²) in [6, 6.07) is 10.2. The number of rotatable bonds is 3. The molecule has 0 bridgehead atoms. The van der Waals surface area contributed by atoms with Crippen LogP contribution in [0, 0.1) is 0 Å². The van der Waals surface area contributed by atoms with Gasteiger partial charge in [0.1, 0.15) is 6.04 Å². The molecule has 3 nitrogen and oxygen atoms in total. The molecule has 2 atom stereocenters. The van der Waals surface area contributed by atoms with E-state index in [0.29, 0.717) is 6.04 Å². The number of nitrogens with zero attached hydrogens (tertiary/aromatic N) is 1. The van der Waals surface area contributed by atoms with Crippen LogP contribution < -0.4 is 5.32 Å². The van der Waals surface area contributed by atoms with Crippen LogP contribution in [0.5, 0.6) is 0 Å². The lowest BCUT2D eigenvalue weighted by atomic mass is 9.99. The number of carbonyl (C=O) groups excluding carboxylic acids is 1. The van der Waals surface area contributed by atoms with Crippen LogP contribution in [0.1, 0.15) is 31.9 Å². The fourth-order valence-corrected chi connectivity index (χ4v) is 2.42. The quantitative estimate of drug-likeness (QED) is 0.864. The summed E-state index contributed by atoms with van der Waals surface area (Å²) >= 11 is 0. The van der Waals surface area contributed by atoms with Crippen molar-refractivity contribution in [3.63, 3.8) is 0 Å². The molecule has 0 aliphatic carbocycles. The van der Waals surface area contributed by atoms with Gasteiger partial charge in [0.05, 0.1) is 0 Å². The maximum absolute atomic E-state index is 12.2. The third-order valence-electron chi connectivity index (χ3n) is 3.43. The van der Waals surface area contributed by atoms with E-state index in [9.17, 15) is 4.79 Å². The van der Waals surface area contributed by atoms with Crippen molar-refractivity contribution in [3.8, 4) is 0 Å². The Balaban J connectivity index is 2.23. The molecule has 17 heavy (non-hydrogen) atoms. The molecule has 1 fully saturated rings. The zero-order valence-corrected chi connectivity index (χ0v) is 10.5. The van der Waals surface area contributed by atoms with Gasteiger partial charge in [-0.1, -0.05) is 44.2 Å². The molecule has 1 amide bonds. The highest BCUT2D eigenvalue weighted by Gasteiger charge is 2.33. The first-order valence-corrected chi connectivity index (χ1v) is 6.35. The minimum absolute atomic E-state index is 0.121. The number of hydrogen-bond acceptors (Lipinski definition) is 2. The van der Waals surface area contributed by atoms with Crippen LogP contribution in [0.4, 0.5) is 0 Å². The Morgan fingerprint density at radius 1 is 1.29 bits per heavy atom. The van der Waals surface area contributed by atoms with E-state index >= 15 is 0 Å². The molecule has 0 aromatic heterocycles. The second-order valence-corrected chi connectivity index (χ2v) is 4.51. The third-order valence-corrected chi connectivity index (χ3v) is 3.43. The molecule has 1 aliphatic heterocycles. The van der Waals surface area contributed by atoms with Gasteiger partial charge in [-0.3, -0.25) is 9.69 Å². The van der Waals surface area contributed by atoms with Gasteiger partial charge in [-0.25, -0.2) is 0 Å². The van der Waals surface area contributed by atoms with Crippen LogP contribution in [0.15, 0.2) is 30.3 Å². The molecule has 92 valence electrons. The minimum Gasteiger partial charge on any atom is -0.350 e. The number of carbonyl (C=O) groups is 1. The summed E-state index contributed by atoms with van der Waals surface area (Å²) in [6.07, 6.45) is 0.990. The molecule has 2 unspecified atom stereocenters. The normalized spacial score (nSPS) is 25.6. The second-order valence-electron chi connectivity index (χ2n) is 4.51. The first-order valence-electron chi connectivity index (χ1n) is 6.35. The van der Waals surface area contributed by atoms with E-state index in [1.165, 1.54) is 0 Å². The molecular formula is C14H20N2O. The Morgan fingerprint density at radius 3 is 2.59 bits per heavy atom. The number of likely N-dealkylation sites (N-methyl/N-ethyl adjacent to an activating group) is 1. The number of benzene rings is 1. The van der Waals surface area contributed by atoms with Gasteiger partial charge in [-0.2, -0.15) is 0 Å². The fourth-order valence-electron chi connectivity index (χ4n) is 2.42. The SMILES string of the molecule is CCC1CN(CC)C(c2ccccc2)C(=O)N1. The van der Waals surface area contributed by atoms with E-state index in [-0.39, 0.29) is 11.9 Å². The summed E-state index contributed by atoms with van der Waals surface area (Å²) in [5.41, 5.74) is 1.08. The zero-order chi connectivity index (χ0) is 12.3. The molecule has 3 heteroatoms. The summed E-state index contributed by atoms with van der Waals surface area (Å²) in [5.74, 6) is 0.135. The largest absolute Gasteiger partial charge is 0.350 e. The van der Waals surface area contributed by atoms with E-state index in [1.54, 1.807) is 0 Å². The molecular weight excluding hydrogens is 212 g/mol. The number of amides is 1. The molecule has 0 saturated carbocycles. The number of nitrogens with one attached hydrogen (secondary N) is 1. The van der Waals surface area contributed by atoms with Crippen LogP contribution in [0.3, 0.4) is 0 Å². The van der Waals surface area contributed by atoms with Gasteiger partial charge in [-0.05, 0) is 18.5 Å². The average Bonchev–Trinajstić information content (AvgIpc) is 2.38. The molecule has 1 aromatic carbocycles. The van der Waals surface area contributed by atoms with E-state index in [1.807, 2.05) is 30.3 Å². The molecule has 1 aliphatic rings. The first kappa shape index (κ1) is 12.1. The smallest absolute Gasteiger partial charge is 0.242 e. The molecule has 1 N–H and O–H groups in total. The van der Waals surface area contributed by atoms with E-state index in [4.69, 9.17) is 0 Å². The molecule has 1 saturated heterocycles. The monoisotopic (exact) mass is 232 g/mol. The Hall–Kier alpha value is -1.35. The third kappa shape index (κ3) is 2.50. The summed E-state index contributed by atoms with van der Waals surface area (Å²) in [6.45, 7) is 6.07. The fraction of sp³-hybridized carbons (Fsp3) is 0.500. The molecule has 1 aromatic rings. The highest BCUT2D eigenvalue weighted by atomic mass is 16.2. The van der Waals surface area contributed by atoms with Gasteiger partial charge in [0, 0.05) is 12.6 Å². The van der Waals surface area contributed by atoms with Crippen molar-refractivity contribution in [2.24, 2.45) is 0 Å². The number of hydrogen-bond donors (Lipinski definition) is 1. The van der Waals surface area contributed by atoms with Crippen molar-refractivity contribution in [1.82, 2.24) is 10.2 Å². The zero-order valence-electron chi connectivity index (χ0n) is 10.5. The Bertz CT molecular complexity index is 377. The number of piperazine rings is 1.